The molecule has 0 fully saturated rings. The zero-order valence-electron chi connectivity index (χ0n) is 19.0. The number of carbonyl (C=O) groups excluding carboxylic acids is 1. The maximum atomic E-state index is 12.9. The normalized spacial score (nSPS) is 13.1. The number of ketones is 1. The highest BCUT2D eigenvalue weighted by molar-refractivity contribution is 6.30. The summed E-state index contributed by atoms with van der Waals surface area (Å²) in [4.78, 5) is 34.2. The fraction of sp³-hybridized carbons (Fsp3) is 0. The summed E-state index contributed by atoms with van der Waals surface area (Å²) in [7, 11) is 0. The average Bonchev–Trinajstić information content (AvgIpc) is 3.17. The molecule has 0 atom stereocenters. The molecule has 1 aliphatic carbocycles. The van der Waals surface area contributed by atoms with E-state index in [-0.39, 0.29) is 22.7 Å². The number of allylic oxidation sites excluding steroid dienone is 1. The Balaban J connectivity index is 1.22. The van der Waals surface area contributed by atoms with Gasteiger partial charge in [-0.15, -0.1) is 0 Å². The summed E-state index contributed by atoms with van der Waals surface area (Å²) in [5, 5.41) is 11.0. The van der Waals surface area contributed by atoms with Gasteiger partial charge in [0.2, 0.25) is 0 Å². The maximum Gasteiger partial charge on any atom is 0.265 e. The van der Waals surface area contributed by atoms with Gasteiger partial charge in [0.15, 0.2) is 5.78 Å². The van der Waals surface area contributed by atoms with Gasteiger partial charge < -0.3 is 5.11 Å². The fourth-order valence-corrected chi connectivity index (χ4v) is 4.35. The van der Waals surface area contributed by atoms with Crippen LogP contribution in [0.5, 0.6) is 0 Å². The molecule has 0 amide bonds. The third-order valence-corrected chi connectivity index (χ3v) is 6.28. The molecule has 1 aliphatic rings. The highest BCUT2D eigenvalue weighted by atomic mass is 16.3. The van der Waals surface area contributed by atoms with Crippen molar-refractivity contribution in [3.8, 4) is 16.8 Å². The molecule has 172 valence electrons. The first-order valence-corrected chi connectivity index (χ1v) is 11.4. The number of carbonyl (C=O) groups is 1. The predicted molar refractivity (Wildman–Crippen MR) is 141 cm³/mol. The second kappa shape index (κ2) is 8.60. The zero-order chi connectivity index (χ0) is 24.6. The Hall–Kier alpha value is -5.10. The molecule has 0 unspecified atom stereocenters. The van der Waals surface area contributed by atoms with Gasteiger partial charge in [-0.3, -0.25) is 19.1 Å². The van der Waals surface area contributed by atoms with Crippen molar-refractivity contribution in [1.82, 2.24) is 9.55 Å². The lowest BCUT2D eigenvalue weighted by Crippen LogP contribution is -2.18. The third kappa shape index (κ3) is 3.61. The van der Waals surface area contributed by atoms with Gasteiger partial charge in [0, 0.05) is 17.3 Å². The van der Waals surface area contributed by atoms with Gasteiger partial charge in [-0.1, -0.05) is 60.7 Å². The minimum absolute atomic E-state index is 0.0446. The van der Waals surface area contributed by atoms with E-state index in [1.54, 1.807) is 36.7 Å². The van der Waals surface area contributed by atoms with Crippen LogP contribution in [0, 0.1) is 0 Å². The van der Waals surface area contributed by atoms with Crippen molar-refractivity contribution in [2.24, 2.45) is 4.99 Å². The minimum atomic E-state index is -0.232. The predicted octanol–water partition coefficient (Wildman–Crippen LogP) is 5.92. The van der Waals surface area contributed by atoms with Gasteiger partial charge in [-0.25, -0.2) is 4.98 Å². The van der Waals surface area contributed by atoms with Crippen LogP contribution in [0.2, 0.25) is 0 Å². The minimum Gasteiger partial charge on any atom is -0.506 e. The number of Topliss-reactive ketones (excluding diaryl/α,β-unsaturated/α-hetero) is 1. The number of benzene rings is 4. The molecule has 1 heterocycles. The Kier molecular flexibility index (Phi) is 5.12. The van der Waals surface area contributed by atoms with E-state index in [2.05, 4.69) is 9.98 Å². The second-order valence-corrected chi connectivity index (χ2v) is 8.43. The Morgan fingerprint density at radius 1 is 0.750 bits per heavy atom. The van der Waals surface area contributed by atoms with Crippen LogP contribution in [0.25, 0.3) is 33.5 Å². The van der Waals surface area contributed by atoms with Crippen LogP contribution >= 0.6 is 0 Å². The molecule has 36 heavy (non-hydrogen) atoms. The first-order chi connectivity index (χ1) is 17.6. The Bertz CT molecular complexity index is 1760. The van der Waals surface area contributed by atoms with Crippen LogP contribution in [-0.4, -0.2) is 26.7 Å². The average molecular weight is 470 g/mol. The van der Waals surface area contributed by atoms with Crippen molar-refractivity contribution in [2.75, 3.05) is 0 Å². The fourth-order valence-electron chi connectivity index (χ4n) is 4.35. The summed E-state index contributed by atoms with van der Waals surface area (Å²) in [5.41, 5.74) is 5.13. The molecule has 1 N–H and O–H groups in total. The van der Waals surface area contributed by atoms with E-state index in [0.717, 1.165) is 16.8 Å². The van der Waals surface area contributed by atoms with Gasteiger partial charge in [-0.2, -0.15) is 0 Å². The van der Waals surface area contributed by atoms with Crippen molar-refractivity contribution in [3.05, 3.63) is 130 Å². The molecular formula is C30H19N3O3. The number of hydrogen-bond acceptors (Lipinski definition) is 5. The van der Waals surface area contributed by atoms with Crippen LogP contribution in [0.4, 0.5) is 5.69 Å². The van der Waals surface area contributed by atoms with Crippen molar-refractivity contribution in [3.63, 3.8) is 0 Å². The summed E-state index contributed by atoms with van der Waals surface area (Å²) >= 11 is 0. The standard InChI is InChI=1S/C30H19N3O3/c34-28-23-5-1-2-6-24(23)29(35)26(28)17-31-21-13-9-19(10-14-21)20-11-15-22(16-12-20)33-18-32-27-8-4-3-7-25(27)30(33)36/h1-18,34H. The number of hydrogen-bond donors (Lipinski definition) is 1. The third-order valence-electron chi connectivity index (χ3n) is 6.28. The van der Waals surface area contributed by atoms with Crippen LogP contribution < -0.4 is 5.56 Å². The van der Waals surface area contributed by atoms with Crippen molar-refractivity contribution < 1.29 is 9.90 Å². The van der Waals surface area contributed by atoms with Crippen molar-refractivity contribution in [1.29, 1.82) is 0 Å². The summed E-state index contributed by atoms with van der Waals surface area (Å²) < 4.78 is 1.54. The molecule has 0 saturated heterocycles. The Labute approximate surface area is 206 Å². The van der Waals surface area contributed by atoms with Gasteiger partial charge in [0.05, 0.1) is 27.9 Å². The topological polar surface area (TPSA) is 84.5 Å². The van der Waals surface area contributed by atoms with Gasteiger partial charge in [-0.05, 0) is 47.5 Å². The number of aliphatic hydroxyl groups is 1. The summed E-state index contributed by atoms with van der Waals surface area (Å²) in [5.74, 6) is -0.277. The van der Waals surface area contributed by atoms with E-state index >= 15 is 0 Å². The van der Waals surface area contributed by atoms with Crippen LogP contribution in [0.15, 0.2) is 119 Å². The van der Waals surface area contributed by atoms with Crippen LogP contribution in [0.1, 0.15) is 15.9 Å². The first-order valence-electron chi connectivity index (χ1n) is 11.4. The molecular weight excluding hydrogens is 450 g/mol. The number of nitrogens with zero attached hydrogens (tertiary/aromatic N) is 3. The van der Waals surface area contributed by atoms with Crippen molar-refractivity contribution >= 4 is 34.3 Å². The summed E-state index contributed by atoms with van der Waals surface area (Å²) in [6.45, 7) is 0. The molecule has 0 bridgehead atoms. The summed E-state index contributed by atoms with van der Waals surface area (Å²) in [6, 6.07) is 29.5. The van der Waals surface area contributed by atoms with Gasteiger partial charge in [0.1, 0.15) is 12.1 Å². The maximum absolute atomic E-state index is 12.9. The number of fused-ring (bicyclic) bond motifs is 2. The molecule has 1 aromatic heterocycles. The van der Waals surface area contributed by atoms with E-state index in [4.69, 9.17) is 0 Å². The molecule has 6 rings (SSSR count). The number of para-hydroxylation sites is 1. The molecule has 4 aromatic carbocycles. The lowest BCUT2D eigenvalue weighted by molar-refractivity contribution is 0.104. The van der Waals surface area contributed by atoms with E-state index in [1.807, 2.05) is 66.7 Å². The molecule has 0 saturated carbocycles. The lowest BCUT2D eigenvalue weighted by atomic mass is 10.0. The highest BCUT2D eigenvalue weighted by Gasteiger charge is 2.27. The van der Waals surface area contributed by atoms with E-state index in [0.29, 0.717) is 27.7 Å². The zero-order valence-corrected chi connectivity index (χ0v) is 19.0. The van der Waals surface area contributed by atoms with Gasteiger partial charge >= 0.3 is 0 Å². The Morgan fingerprint density at radius 2 is 1.39 bits per heavy atom. The lowest BCUT2D eigenvalue weighted by Gasteiger charge is -2.08. The number of aliphatic hydroxyl groups excluding tert-OH is 1. The monoisotopic (exact) mass is 469 g/mol. The molecule has 0 radical (unpaired) electrons. The quantitative estimate of drug-likeness (QED) is 0.331. The summed E-state index contributed by atoms with van der Waals surface area (Å²) in [6.07, 6.45) is 2.96. The second-order valence-electron chi connectivity index (χ2n) is 8.43. The van der Waals surface area contributed by atoms with Crippen LogP contribution in [-0.2, 0) is 0 Å². The number of aromatic nitrogens is 2. The van der Waals surface area contributed by atoms with Crippen molar-refractivity contribution in [2.45, 2.75) is 0 Å². The van der Waals surface area contributed by atoms with Gasteiger partial charge in [0.25, 0.3) is 5.56 Å². The number of aliphatic imine (C=N–C) groups is 1. The molecule has 5 aromatic rings. The van der Waals surface area contributed by atoms with E-state index in [1.165, 1.54) is 10.8 Å². The largest absolute Gasteiger partial charge is 0.506 e. The number of rotatable bonds is 4. The smallest absolute Gasteiger partial charge is 0.265 e. The molecule has 0 spiro atoms. The molecule has 0 aliphatic heterocycles. The van der Waals surface area contributed by atoms with E-state index < -0.39 is 0 Å². The van der Waals surface area contributed by atoms with Crippen LogP contribution in [0.3, 0.4) is 0 Å². The van der Waals surface area contributed by atoms with E-state index in [9.17, 15) is 14.7 Å². The SMILES string of the molecule is O=C1C(C=Nc2ccc(-c3ccc(-n4cnc5ccccc5c4=O)cc3)cc2)=C(O)c2ccccc21. The first kappa shape index (κ1) is 21.4. The molecule has 6 heteroatoms. The Morgan fingerprint density at radius 3 is 2.11 bits per heavy atom. The molecule has 6 nitrogen and oxygen atoms in total. The highest BCUT2D eigenvalue weighted by Crippen LogP contribution is 2.30.